The molecule has 8 rings (SSSR count). The monoisotopic (exact) mass is 505 g/mol. The number of nitrogens with zero attached hydrogens (tertiary/aromatic N) is 2. The smallest absolute Gasteiger partial charge is 0.215 e. The van der Waals surface area contributed by atoms with E-state index < -0.39 is 0 Å². The molecule has 0 unspecified atom stereocenters. The van der Waals surface area contributed by atoms with Crippen molar-refractivity contribution in [3.63, 3.8) is 0 Å². The molecular formula is C35H25N2S+. The molecule has 0 N–H and O–H groups in total. The third kappa shape index (κ3) is 2.97. The second kappa shape index (κ2) is 8.01. The minimum Gasteiger partial charge on any atom is -0.308 e. The van der Waals surface area contributed by atoms with Crippen molar-refractivity contribution in [3.05, 3.63) is 121 Å². The summed E-state index contributed by atoms with van der Waals surface area (Å²) in [5.41, 5.74) is 8.68. The van der Waals surface area contributed by atoms with Crippen LogP contribution in [0.5, 0.6) is 0 Å². The van der Waals surface area contributed by atoms with Gasteiger partial charge < -0.3 is 4.57 Å². The molecule has 0 saturated carbocycles. The molecule has 8 aromatic rings. The molecule has 0 atom stereocenters. The standard InChI is InChI=1S/C35H25N2S/c1-22-19-28-25-13-6-10-18-34(25)38-35(28)20-27(22)32-21-33(26-14-5-7-15-29(26)36(32)2)37-30-16-8-3-11-23(30)24-12-4-9-17-31(24)37/h3-21H,1-2H3/q+1. The lowest BCUT2D eigenvalue weighted by Crippen LogP contribution is -2.32. The van der Waals surface area contributed by atoms with Crippen LogP contribution in [0.25, 0.3) is 69.8 Å². The van der Waals surface area contributed by atoms with Crippen LogP contribution in [0.1, 0.15) is 5.56 Å². The molecule has 0 spiro atoms. The summed E-state index contributed by atoms with van der Waals surface area (Å²) in [6.45, 7) is 2.25. The van der Waals surface area contributed by atoms with Gasteiger partial charge in [-0.3, -0.25) is 0 Å². The summed E-state index contributed by atoms with van der Waals surface area (Å²) in [5.74, 6) is 0. The highest BCUT2D eigenvalue weighted by Crippen LogP contribution is 2.39. The van der Waals surface area contributed by atoms with Crippen molar-refractivity contribution in [1.82, 2.24) is 4.57 Å². The number of rotatable bonds is 2. The van der Waals surface area contributed by atoms with Gasteiger partial charge in [-0.1, -0.05) is 66.7 Å². The summed E-state index contributed by atoms with van der Waals surface area (Å²) in [5, 5.41) is 6.49. The fraction of sp³-hybridized carbons (Fsp3) is 0.0571. The van der Waals surface area contributed by atoms with Gasteiger partial charge >= 0.3 is 0 Å². The molecular weight excluding hydrogens is 480 g/mol. The maximum Gasteiger partial charge on any atom is 0.215 e. The van der Waals surface area contributed by atoms with Gasteiger partial charge in [-0.05, 0) is 48.9 Å². The zero-order chi connectivity index (χ0) is 25.4. The molecule has 3 aromatic heterocycles. The van der Waals surface area contributed by atoms with Gasteiger partial charge in [0.15, 0.2) is 0 Å². The first-order valence-electron chi connectivity index (χ1n) is 13.0. The van der Waals surface area contributed by atoms with E-state index in [1.165, 1.54) is 75.4 Å². The van der Waals surface area contributed by atoms with Crippen LogP contribution < -0.4 is 4.57 Å². The largest absolute Gasteiger partial charge is 0.308 e. The Hall–Kier alpha value is -4.47. The fourth-order valence-electron chi connectivity index (χ4n) is 6.20. The van der Waals surface area contributed by atoms with Gasteiger partial charge in [0.25, 0.3) is 0 Å². The Kier molecular flexibility index (Phi) is 4.55. The maximum atomic E-state index is 2.45. The van der Waals surface area contributed by atoms with E-state index in [0.29, 0.717) is 0 Å². The Labute approximate surface area is 224 Å². The van der Waals surface area contributed by atoms with Gasteiger partial charge in [0.1, 0.15) is 7.05 Å². The molecule has 2 nitrogen and oxygen atoms in total. The van der Waals surface area contributed by atoms with Crippen molar-refractivity contribution < 1.29 is 4.57 Å². The molecule has 180 valence electrons. The van der Waals surface area contributed by atoms with Crippen molar-refractivity contribution in [2.75, 3.05) is 0 Å². The first kappa shape index (κ1) is 21.6. The lowest BCUT2D eigenvalue weighted by atomic mass is 10.00. The second-order valence-electron chi connectivity index (χ2n) is 10.1. The second-order valence-corrected chi connectivity index (χ2v) is 11.2. The molecule has 0 saturated heterocycles. The molecule has 0 aliphatic heterocycles. The first-order chi connectivity index (χ1) is 18.7. The van der Waals surface area contributed by atoms with E-state index in [-0.39, 0.29) is 0 Å². The van der Waals surface area contributed by atoms with Crippen molar-refractivity contribution in [3.8, 4) is 16.9 Å². The molecule has 0 aliphatic rings. The van der Waals surface area contributed by atoms with Crippen LogP contribution in [0.2, 0.25) is 0 Å². The molecule has 0 aliphatic carbocycles. The van der Waals surface area contributed by atoms with Crippen LogP contribution in [-0.4, -0.2) is 4.57 Å². The van der Waals surface area contributed by atoms with Crippen LogP contribution in [0.3, 0.4) is 0 Å². The summed E-state index contributed by atoms with van der Waals surface area (Å²) in [6.07, 6.45) is 0. The van der Waals surface area contributed by atoms with Crippen molar-refractivity contribution in [2.24, 2.45) is 7.05 Å². The Bertz CT molecular complexity index is 2160. The predicted octanol–water partition coefficient (Wildman–Crippen LogP) is 9.10. The van der Waals surface area contributed by atoms with Crippen molar-refractivity contribution >= 4 is 64.2 Å². The lowest BCUT2D eigenvalue weighted by molar-refractivity contribution is -0.633. The van der Waals surface area contributed by atoms with Gasteiger partial charge in [0.2, 0.25) is 11.2 Å². The van der Waals surface area contributed by atoms with E-state index in [9.17, 15) is 0 Å². The molecule has 0 radical (unpaired) electrons. The summed E-state index contributed by atoms with van der Waals surface area (Å²) in [6, 6.07) is 42.2. The molecule has 38 heavy (non-hydrogen) atoms. The number of fused-ring (bicyclic) bond motifs is 7. The van der Waals surface area contributed by atoms with Crippen LogP contribution in [-0.2, 0) is 7.05 Å². The minimum absolute atomic E-state index is 1.21. The van der Waals surface area contributed by atoms with Gasteiger partial charge in [0.05, 0.1) is 27.7 Å². The first-order valence-corrected chi connectivity index (χ1v) is 13.8. The van der Waals surface area contributed by atoms with E-state index in [4.69, 9.17) is 0 Å². The van der Waals surface area contributed by atoms with E-state index in [0.717, 1.165) is 0 Å². The number of hydrogen-bond acceptors (Lipinski definition) is 1. The number of benzene rings is 5. The maximum absolute atomic E-state index is 2.45. The normalized spacial score (nSPS) is 11.9. The Morgan fingerprint density at radius 1 is 0.579 bits per heavy atom. The van der Waals surface area contributed by atoms with Crippen molar-refractivity contribution in [1.29, 1.82) is 0 Å². The number of hydrogen-bond donors (Lipinski definition) is 0. The number of para-hydroxylation sites is 3. The molecule has 0 fully saturated rings. The number of aromatic nitrogens is 2. The Morgan fingerprint density at radius 2 is 1.18 bits per heavy atom. The van der Waals surface area contributed by atoms with Crippen LogP contribution in [0.4, 0.5) is 0 Å². The van der Waals surface area contributed by atoms with Crippen LogP contribution in [0.15, 0.2) is 115 Å². The average molecular weight is 506 g/mol. The van der Waals surface area contributed by atoms with Crippen LogP contribution >= 0.6 is 11.3 Å². The third-order valence-corrected chi connectivity index (χ3v) is 9.13. The lowest BCUT2D eigenvalue weighted by Gasteiger charge is -2.14. The van der Waals surface area contributed by atoms with Gasteiger partial charge in [-0.15, -0.1) is 11.3 Å². The summed E-state index contributed by atoms with van der Waals surface area (Å²) >= 11 is 1.88. The minimum atomic E-state index is 1.21. The van der Waals surface area contributed by atoms with Gasteiger partial charge in [-0.2, -0.15) is 4.57 Å². The van der Waals surface area contributed by atoms with E-state index in [1.54, 1.807) is 0 Å². The quantitative estimate of drug-likeness (QED) is 0.207. The van der Waals surface area contributed by atoms with Crippen molar-refractivity contribution in [2.45, 2.75) is 6.92 Å². The van der Waals surface area contributed by atoms with E-state index >= 15 is 0 Å². The topological polar surface area (TPSA) is 8.81 Å². The fourth-order valence-corrected chi connectivity index (χ4v) is 7.32. The number of thiophene rings is 1. The molecule has 3 heterocycles. The molecule has 0 bridgehead atoms. The van der Waals surface area contributed by atoms with E-state index in [2.05, 4.69) is 138 Å². The summed E-state index contributed by atoms with van der Waals surface area (Å²) in [4.78, 5) is 0. The summed E-state index contributed by atoms with van der Waals surface area (Å²) < 4.78 is 7.48. The summed E-state index contributed by atoms with van der Waals surface area (Å²) in [7, 11) is 2.20. The third-order valence-electron chi connectivity index (χ3n) is 8.00. The average Bonchev–Trinajstić information content (AvgIpc) is 3.49. The molecule has 3 heteroatoms. The molecule has 5 aromatic carbocycles. The number of pyridine rings is 1. The van der Waals surface area contributed by atoms with Gasteiger partial charge in [0, 0.05) is 43.1 Å². The number of aryl methyl sites for hydroxylation is 2. The highest BCUT2D eigenvalue weighted by Gasteiger charge is 2.23. The SMILES string of the molecule is Cc1cc2c(cc1-c1cc(-n3c4ccccc4c4ccccc43)c3ccccc3[n+]1C)sc1ccccc12. The van der Waals surface area contributed by atoms with E-state index in [1.807, 2.05) is 11.3 Å². The Morgan fingerprint density at radius 3 is 1.92 bits per heavy atom. The highest BCUT2D eigenvalue weighted by molar-refractivity contribution is 7.25. The predicted molar refractivity (Wildman–Crippen MR) is 163 cm³/mol. The highest BCUT2D eigenvalue weighted by atomic mass is 32.1. The van der Waals surface area contributed by atoms with Gasteiger partial charge in [-0.25, -0.2) is 0 Å². The van der Waals surface area contributed by atoms with Crippen LogP contribution in [0, 0.1) is 6.92 Å². The zero-order valence-corrected chi connectivity index (χ0v) is 22.1. The molecule has 0 amide bonds. The Balaban J connectivity index is 1.49. The zero-order valence-electron chi connectivity index (χ0n) is 21.3.